The molecule has 0 amide bonds. The second kappa shape index (κ2) is 5.27. The van der Waals surface area contributed by atoms with Gasteiger partial charge in [-0.2, -0.15) is 0 Å². The number of hydrogen-bond acceptors (Lipinski definition) is 3. The monoisotopic (exact) mass is 259 g/mol. The van der Waals surface area contributed by atoms with Crippen LogP contribution < -0.4 is 0 Å². The maximum atomic E-state index is 11.8. The lowest BCUT2D eigenvalue weighted by Crippen LogP contribution is -2.48. The third-order valence-electron chi connectivity index (χ3n) is 4.55. The van der Waals surface area contributed by atoms with E-state index >= 15 is 0 Å². The number of sulfone groups is 1. The predicted octanol–water partition coefficient (Wildman–Crippen LogP) is 2.07. The van der Waals surface area contributed by atoms with Gasteiger partial charge in [-0.1, -0.05) is 19.3 Å². The Labute approximate surface area is 105 Å². The van der Waals surface area contributed by atoms with E-state index in [-0.39, 0.29) is 11.3 Å². The van der Waals surface area contributed by atoms with Crippen LogP contribution in [-0.2, 0) is 9.84 Å². The van der Waals surface area contributed by atoms with Crippen molar-refractivity contribution in [1.82, 2.24) is 4.90 Å². The molecule has 0 saturated heterocycles. The Morgan fingerprint density at radius 2 is 1.71 bits per heavy atom. The van der Waals surface area contributed by atoms with Gasteiger partial charge in [0.1, 0.15) is 0 Å². The van der Waals surface area contributed by atoms with Crippen LogP contribution in [0.5, 0.6) is 0 Å². The Kier molecular flexibility index (Phi) is 4.14. The normalized spacial score (nSPS) is 31.5. The zero-order valence-electron chi connectivity index (χ0n) is 11.1. The first-order valence-electron chi connectivity index (χ1n) is 6.87. The molecule has 2 saturated carbocycles. The first kappa shape index (κ1) is 13.3. The molecule has 2 rings (SSSR count). The lowest BCUT2D eigenvalue weighted by Gasteiger charge is -2.40. The highest BCUT2D eigenvalue weighted by Gasteiger charge is 2.36. The van der Waals surface area contributed by atoms with Crippen molar-refractivity contribution in [3.63, 3.8) is 0 Å². The minimum Gasteiger partial charge on any atom is -0.302 e. The molecule has 4 heteroatoms. The van der Waals surface area contributed by atoms with Gasteiger partial charge in [-0.3, -0.25) is 0 Å². The van der Waals surface area contributed by atoms with Crippen LogP contribution in [0.15, 0.2) is 0 Å². The molecule has 0 spiro atoms. The first-order chi connectivity index (χ1) is 7.98. The number of nitrogens with zero attached hydrogens (tertiary/aromatic N) is 1. The second-order valence-corrected chi connectivity index (χ2v) is 8.22. The molecule has 0 aromatic rings. The van der Waals surface area contributed by atoms with E-state index in [2.05, 4.69) is 11.9 Å². The topological polar surface area (TPSA) is 37.4 Å². The van der Waals surface area contributed by atoms with Crippen LogP contribution in [-0.4, -0.2) is 44.5 Å². The highest BCUT2D eigenvalue weighted by molar-refractivity contribution is 7.91. The molecule has 0 aromatic heterocycles. The molecule has 0 aromatic carbocycles. The van der Waals surface area contributed by atoms with Gasteiger partial charge >= 0.3 is 0 Å². The summed E-state index contributed by atoms with van der Waals surface area (Å²) in [4.78, 5) is 2.33. The SMILES string of the molecule is CN(CC1CCC1)[C@@H]1CCCC[C@@H]1S(C)(=O)=O. The van der Waals surface area contributed by atoms with Gasteiger partial charge in [0.05, 0.1) is 5.25 Å². The van der Waals surface area contributed by atoms with Gasteiger partial charge in [0.2, 0.25) is 0 Å². The molecule has 2 aliphatic carbocycles. The van der Waals surface area contributed by atoms with Gasteiger partial charge < -0.3 is 4.90 Å². The average molecular weight is 259 g/mol. The maximum absolute atomic E-state index is 11.8. The van der Waals surface area contributed by atoms with Gasteiger partial charge in [-0.15, -0.1) is 0 Å². The van der Waals surface area contributed by atoms with Gasteiger partial charge in [0, 0.05) is 18.8 Å². The van der Waals surface area contributed by atoms with Crippen LogP contribution in [0.3, 0.4) is 0 Å². The highest BCUT2D eigenvalue weighted by Crippen LogP contribution is 2.31. The van der Waals surface area contributed by atoms with Crippen molar-refractivity contribution in [2.45, 2.75) is 56.2 Å². The summed E-state index contributed by atoms with van der Waals surface area (Å²) in [6.07, 6.45) is 9.61. The summed E-state index contributed by atoms with van der Waals surface area (Å²) in [5.74, 6) is 0.821. The van der Waals surface area contributed by atoms with Crippen LogP contribution in [0.2, 0.25) is 0 Å². The van der Waals surface area contributed by atoms with Crippen molar-refractivity contribution in [3.05, 3.63) is 0 Å². The highest BCUT2D eigenvalue weighted by atomic mass is 32.2. The van der Waals surface area contributed by atoms with E-state index in [0.717, 1.165) is 31.7 Å². The molecular formula is C13H25NO2S. The summed E-state index contributed by atoms with van der Waals surface area (Å²) < 4.78 is 23.7. The fourth-order valence-corrected chi connectivity index (χ4v) is 4.81. The summed E-state index contributed by atoms with van der Waals surface area (Å²) in [6, 6.07) is 0.263. The van der Waals surface area contributed by atoms with E-state index in [4.69, 9.17) is 0 Å². The third kappa shape index (κ3) is 3.22. The summed E-state index contributed by atoms with van der Waals surface area (Å²) in [7, 11) is -0.769. The summed E-state index contributed by atoms with van der Waals surface area (Å²) in [6.45, 7) is 1.09. The molecule has 3 nitrogen and oxygen atoms in total. The van der Waals surface area contributed by atoms with Crippen LogP contribution in [0.4, 0.5) is 0 Å². The fraction of sp³-hybridized carbons (Fsp3) is 1.00. The predicted molar refractivity (Wildman–Crippen MR) is 70.9 cm³/mol. The molecule has 0 aliphatic heterocycles. The van der Waals surface area contributed by atoms with Gasteiger partial charge in [0.15, 0.2) is 9.84 Å². The van der Waals surface area contributed by atoms with Crippen molar-refractivity contribution in [3.8, 4) is 0 Å². The Bertz CT molecular complexity index is 348. The zero-order chi connectivity index (χ0) is 12.5. The van der Waals surface area contributed by atoms with Gasteiger partial charge in [0.25, 0.3) is 0 Å². The van der Waals surface area contributed by atoms with E-state index in [0.29, 0.717) is 0 Å². The van der Waals surface area contributed by atoms with Crippen molar-refractivity contribution in [2.75, 3.05) is 19.8 Å². The molecule has 0 N–H and O–H groups in total. The van der Waals surface area contributed by atoms with Crippen molar-refractivity contribution in [1.29, 1.82) is 0 Å². The van der Waals surface area contributed by atoms with Gasteiger partial charge in [-0.05, 0) is 38.6 Å². The maximum Gasteiger partial charge on any atom is 0.151 e. The zero-order valence-corrected chi connectivity index (χ0v) is 11.9. The van der Waals surface area contributed by atoms with E-state index in [1.54, 1.807) is 0 Å². The second-order valence-electron chi connectivity index (χ2n) is 5.96. The van der Waals surface area contributed by atoms with E-state index < -0.39 is 9.84 Å². The Morgan fingerprint density at radius 1 is 1.06 bits per heavy atom. The molecule has 2 atom stereocenters. The smallest absolute Gasteiger partial charge is 0.151 e. The van der Waals surface area contributed by atoms with E-state index in [9.17, 15) is 8.42 Å². The Balaban J connectivity index is 1.99. The fourth-order valence-electron chi connectivity index (χ4n) is 3.30. The summed E-state index contributed by atoms with van der Waals surface area (Å²) in [5, 5.41) is -0.124. The Hall–Kier alpha value is -0.0900. The number of hydrogen-bond donors (Lipinski definition) is 0. The minimum atomic E-state index is -2.89. The molecule has 0 bridgehead atoms. The molecule has 17 heavy (non-hydrogen) atoms. The molecule has 0 heterocycles. The van der Waals surface area contributed by atoms with Crippen molar-refractivity contribution < 1.29 is 8.42 Å². The molecule has 100 valence electrons. The quantitative estimate of drug-likeness (QED) is 0.775. The van der Waals surface area contributed by atoms with E-state index in [1.807, 2.05) is 0 Å². The first-order valence-corrected chi connectivity index (χ1v) is 8.83. The molecule has 2 aliphatic rings. The largest absolute Gasteiger partial charge is 0.302 e. The summed E-state index contributed by atoms with van der Waals surface area (Å²) in [5.41, 5.74) is 0. The van der Waals surface area contributed by atoms with Crippen LogP contribution in [0.1, 0.15) is 44.9 Å². The van der Waals surface area contributed by atoms with E-state index in [1.165, 1.54) is 31.9 Å². The van der Waals surface area contributed by atoms with Crippen molar-refractivity contribution in [2.24, 2.45) is 5.92 Å². The summed E-state index contributed by atoms with van der Waals surface area (Å²) >= 11 is 0. The number of rotatable bonds is 4. The average Bonchev–Trinajstić information content (AvgIpc) is 2.22. The van der Waals surface area contributed by atoms with Crippen LogP contribution in [0, 0.1) is 5.92 Å². The molecular weight excluding hydrogens is 234 g/mol. The molecule has 2 fully saturated rings. The lowest BCUT2D eigenvalue weighted by atomic mass is 9.84. The Morgan fingerprint density at radius 3 is 2.24 bits per heavy atom. The molecule has 0 radical (unpaired) electrons. The van der Waals surface area contributed by atoms with Gasteiger partial charge in [-0.25, -0.2) is 8.42 Å². The minimum absolute atomic E-state index is 0.124. The lowest BCUT2D eigenvalue weighted by molar-refractivity contribution is 0.137. The van der Waals surface area contributed by atoms with Crippen LogP contribution in [0.25, 0.3) is 0 Å². The third-order valence-corrected chi connectivity index (χ3v) is 6.20. The molecule has 0 unspecified atom stereocenters. The standard InChI is InChI=1S/C13H25NO2S/c1-14(10-11-6-5-7-11)12-8-3-4-9-13(12)17(2,15)16/h11-13H,3-10H2,1-2H3/t12-,13+/m1/s1. The van der Waals surface area contributed by atoms with Crippen LogP contribution >= 0.6 is 0 Å². The van der Waals surface area contributed by atoms with Crippen molar-refractivity contribution >= 4 is 9.84 Å².